The van der Waals surface area contributed by atoms with Crippen molar-refractivity contribution in [2.75, 3.05) is 25.5 Å². The van der Waals surface area contributed by atoms with Crippen molar-refractivity contribution in [1.82, 2.24) is 9.80 Å². The van der Waals surface area contributed by atoms with Crippen LogP contribution in [0, 0.1) is 13.8 Å². The molecule has 3 rings (SSSR count). The van der Waals surface area contributed by atoms with Crippen molar-refractivity contribution < 1.29 is 4.42 Å². The third kappa shape index (κ3) is 4.61. The Hall–Kier alpha value is -1.85. The number of likely N-dealkylation sites (tertiary alicyclic amines) is 1. The number of aryl methyl sites for hydroxylation is 2. The van der Waals surface area contributed by atoms with Gasteiger partial charge in [0.15, 0.2) is 5.11 Å². The number of piperidine rings is 1. The van der Waals surface area contributed by atoms with Crippen LogP contribution in [0.15, 0.2) is 41.0 Å². The van der Waals surface area contributed by atoms with Crippen LogP contribution in [0.3, 0.4) is 0 Å². The summed E-state index contributed by atoms with van der Waals surface area (Å²) in [6, 6.07) is 10.8. The van der Waals surface area contributed by atoms with E-state index in [0.717, 1.165) is 42.5 Å². The maximum absolute atomic E-state index is 5.78. The number of rotatable bonds is 4. The van der Waals surface area contributed by atoms with Crippen LogP contribution in [-0.4, -0.2) is 41.1 Å². The number of anilines is 1. The van der Waals surface area contributed by atoms with Crippen LogP contribution in [-0.2, 0) is 6.54 Å². The summed E-state index contributed by atoms with van der Waals surface area (Å²) in [5, 5.41) is 4.21. The molecule has 134 valence electrons. The molecule has 1 saturated heterocycles. The van der Waals surface area contributed by atoms with Gasteiger partial charge in [-0.3, -0.25) is 0 Å². The molecule has 2 aromatic rings. The first kappa shape index (κ1) is 18.0. The van der Waals surface area contributed by atoms with Crippen LogP contribution >= 0.6 is 12.2 Å². The molecule has 4 nitrogen and oxygen atoms in total. The molecular weight excluding hydrogens is 330 g/mol. The molecule has 0 atom stereocenters. The normalized spacial score (nSPS) is 16.0. The van der Waals surface area contributed by atoms with Gasteiger partial charge in [-0.15, -0.1) is 0 Å². The lowest BCUT2D eigenvalue weighted by atomic mass is 10.0. The summed E-state index contributed by atoms with van der Waals surface area (Å²) in [6.45, 7) is 7.16. The molecule has 1 fully saturated rings. The van der Waals surface area contributed by atoms with Gasteiger partial charge in [0.1, 0.15) is 5.76 Å². The standard InChI is InChI=1S/C20H27N3OS/c1-15-6-7-17(13-16(15)2)21-20(25)23(14-19-5-4-12-24-19)18-8-10-22(3)11-9-18/h4-7,12-13,18H,8-11,14H2,1-3H3,(H,21,25). The molecular formula is C20H27N3OS. The lowest BCUT2D eigenvalue weighted by Gasteiger charge is -2.38. The predicted octanol–water partition coefficient (Wildman–Crippen LogP) is 4.19. The maximum Gasteiger partial charge on any atom is 0.174 e. The molecule has 0 radical (unpaired) electrons. The minimum Gasteiger partial charge on any atom is -0.467 e. The molecule has 0 spiro atoms. The molecule has 1 aromatic heterocycles. The van der Waals surface area contributed by atoms with E-state index in [1.54, 1.807) is 6.26 Å². The van der Waals surface area contributed by atoms with E-state index in [-0.39, 0.29) is 0 Å². The Morgan fingerprint density at radius 1 is 1.24 bits per heavy atom. The number of furan rings is 1. The summed E-state index contributed by atoms with van der Waals surface area (Å²) in [7, 11) is 2.18. The van der Waals surface area contributed by atoms with E-state index in [1.807, 2.05) is 12.1 Å². The summed E-state index contributed by atoms with van der Waals surface area (Å²) in [5.41, 5.74) is 3.61. The van der Waals surface area contributed by atoms with Crippen molar-refractivity contribution in [3.63, 3.8) is 0 Å². The first-order chi connectivity index (χ1) is 12.0. The summed E-state index contributed by atoms with van der Waals surface area (Å²) < 4.78 is 5.57. The number of nitrogens with zero attached hydrogens (tertiary/aromatic N) is 2. The highest BCUT2D eigenvalue weighted by atomic mass is 32.1. The summed E-state index contributed by atoms with van der Waals surface area (Å²) in [5.74, 6) is 0.947. The minimum absolute atomic E-state index is 0.438. The van der Waals surface area contributed by atoms with Crippen molar-refractivity contribution in [3.8, 4) is 0 Å². The van der Waals surface area contributed by atoms with Crippen molar-refractivity contribution in [2.45, 2.75) is 39.3 Å². The van der Waals surface area contributed by atoms with Crippen LogP contribution in [0.1, 0.15) is 29.7 Å². The van der Waals surface area contributed by atoms with E-state index in [1.165, 1.54) is 11.1 Å². The highest BCUT2D eigenvalue weighted by molar-refractivity contribution is 7.80. The first-order valence-electron chi connectivity index (χ1n) is 8.89. The van der Waals surface area contributed by atoms with Gasteiger partial charge in [-0.25, -0.2) is 0 Å². The molecule has 0 bridgehead atoms. The summed E-state index contributed by atoms with van der Waals surface area (Å²) in [4.78, 5) is 4.66. The van der Waals surface area contributed by atoms with E-state index in [9.17, 15) is 0 Å². The smallest absolute Gasteiger partial charge is 0.174 e. The zero-order valence-corrected chi connectivity index (χ0v) is 16.1. The molecule has 1 aliphatic heterocycles. The third-order valence-electron chi connectivity index (χ3n) is 5.05. The SMILES string of the molecule is Cc1ccc(NC(=S)N(Cc2ccco2)C2CCN(C)CC2)cc1C. The molecule has 1 aromatic carbocycles. The van der Waals surface area contributed by atoms with Gasteiger partial charge in [0, 0.05) is 11.7 Å². The zero-order valence-electron chi connectivity index (χ0n) is 15.3. The van der Waals surface area contributed by atoms with Gasteiger partial charge in [-0.2, -0.15) is 0 Å². The van der Waals surface area contributed by atoms with Crippen molar-refractivity contribution in [3.05, 3.63) is 53.5 Å². The molecule has 0 saturated carbocycles. The molecule has 0 amide bonds. The fourth-order valence-electron chi connectivity index (χ4n) is 3.26. The van der Waals surface area contributed by atoms with E-state index < -0.39 is 0 Å². The van der Waals surface area contributed by atoms with Crippen LogP contribution in [0.5, 0.6) is 0 Å². The Morgan fingerprint density at radius 3 is 2.64 bits per heavy atom. The molecule has 1 N–H and O–H groups in total. The van der Waals surface area contributed by atoms with Crippen molar-refractivity contribution >= 4 is 23.0 Å². The van der Waals surface area contributed by atoms with E-state index in [0.29, 0.717) is 12.6 Å². The number of nitrogens with one attached hydrogen (secondary N) is 1. The second-order valence-electron chi connectivity index (χ2n) is 6.97. The maximum atomic E-state index is 5.78. The van der Waals surface area contributed by atoms with Gasteiger partial charge in [-0.05, 0) is 94.4 Å². The fraction of sp³-hybridized carbons (Fsp3) is 0.450. The Labute approximate surface area is 155 Å². The van der Waals surface area contributed by atoms with E-state index in [4.69, 9.17) is 16.6 Å². The second-order valence-corrected chi connectivity index (χ2v) is 7.36. The first-order valence-corrected chi connectivity index (χ1v) is 9.29. The lowest BCUT2D eigenvalue weighted by molar-refractivity contribution is 0.168. The quantitative estimate of drug-likeness (QED) is 0.830. The molecule has 25 heavy (non-hydrogen) atoms. The number of benzene rings is 1. The Morgan fingerprint density at radius 2 is 2.00 bits per heavy atom. The third-order valence-corrected chi connectivity index (χ3v) is 5.39. The molecule has 5 heteroatoms. The number of thiocarbonyl (C=S) groups is 1. The van der Waals surface area contributed by atoms with E-state index >= 15 is 0 Å². The van der Waals surface area contributed by atoms with Crippen LogP contribution < -0.4 is 5.32 Å². The average molecular weight is 358 g/mol. The number of hydrogen-bond acceptors (Lipinski definition) is 3. The Balaban J connectivity index is 1.74. The fourth-order valence-corrected chi connectivity index (χ4v) is 3.59. The van der Waals surface area contributed by atoms with Gasteiger partial charge < -0.3 is 19.5 Å². The summed E-state index contributed by atoms with van der Waals surface area (Å²) >= 11 is 5.78. The number of hydrogen-bond donors (Lipinski definition) is 1. The highest BCUT2D eigenvalue weighted by Gasteiger charge is 2.26. The molecule has 0 aliphatic carbocycles. The monoisotopic (exact) mass is 357 g/mol. The van der Waals surface area contributed by atoms with Gasteiger partial charge in [-0.1, -0.05) is 6.07 Å². The van der Waals surface area contributed by atoms with Crippen molar-refractivity contribution in [1.29, 1.82) is 0 Å². The Kier molecular flexibility index (Phi) is 5.76. The van der Waals surface area contributed by atoms with Gasteiger partial charge in [0.2, 0.25) is 0 Å². The van der Waals surface area contributed by atoms with Crippen LogP contribution in [0.2, 0.25) is 0 Å². The largest absolute Gasteiger partial charge is 0.467 e. The zero-order chi connectivity index (χ0) is 17.8. The predicted molar refractivity (Wildman–Crippen MR) is 107 cm³/mol. The Bertz CT molecular complexity index is 706. The van der Waals surface area contributed by atoms with Crippen LogP contribution in [0.25, 0.3) is 0 Å². The van der Waals surface area contributed by atoms with Crippen molar-refractivity contribution in [2.24, 2.45) is 0 Å². The highest BCUT2D eigenvalue weighted by Crippen LogP contribution is 2.21. The molecule has 1 aliphatic rings. The van der Waals surface area contributed by atoms with Gasteiger partial charge in [0.05, 0.1) is 12.8 Å². The topological polar surface area (TPSA) is 31.6 Å². The van der Waals surface area contributed by atoms with Gasteiger partial charge in [0.25, 0.3) is 0 Å². The van der Waals surface area contributed by atoms with E-state index in [2.05, 4.69) is 54.2 Å². The summed E-state index contributed by atoms with van der Waals surface area (Å²) in [6.07, 6.45) is 3.96. The minimum atomic E-state index is 0.438. The van der Waals surface area contributed by atoms with Crippen LogP contribution in [0.4, 0.5) is 5.69 Å². The lowest BCUT2D eigenvalue weighted by Crippen LogP contribution is -2.47. The second kappa shape index (κ2) is 8.02. The van der Waals surface area contributed by atoms with Gasteiger partial charge >= 0.3 is 0 Å². The molecule has 0 unspecified atom stereocenters. The molecule has 2 heterocycles. The average Bonchev–Trinajstić information content (AvgIpc) is 3.10.